The van der Waals surface area contributed by atoms with Gasteiger partial charge in [0.1, 0.15) is 0 Å². The van der Waals surface area contributed by atoms with Gasteiger partial charge in [-0.2, -0.15) is 11.8 Å². The van der Waals surface area contributed by atoms with Crippen molar-refractivity contribution in [1.29, 1.82) is 0 Å². The van der Waals surface area contributed by atoms with Gasteiger partial charge in [0.05, 0.1) is 5.75 Å². The maximum Gasteiger partial charge on any atom is 0.214 e. The van der Waals surface area contributed by atoms with Crippen molar-refractivity contribution < 1.29 is 8.42 Å². The van der Waals surface area contributed by atoms with Crippen LogP contribution in [0.1, 0.15) is 20.3 Å². The molecule has 0 aromatic carbocycles. The molecular formula is C11H24N2O2S2. The summed E-state index contributed by atoms with van der Waals surface area (Å²) in [6, 6.07) is 0.445. The fourth-order valence-corrected chi connectivity index (χ4v) is 4.02. The van der Waals surface area contributed by atoms with Crippen LogP contribution in [-0.2, 0) is 10.0 Å². The Morgan fingerprint density at radius 1 is 1.41 bits per heavy atom. The van der Waals surface area contributed by atoms with Crippen molar-refractivity contribution in [3.63, 3.8) is 0 Å². The molecule has 1 N–H and O–H groups in total. The van der Waals surface area contributed by atoms with Crippen LogP contribution in [0.15, 0.2) is 0 Å². The molecule has 0 aliphatic carbocycles. The lowest BCUT2D eigenvalue weighted by molar-refractivity contribution is 0.321. The number of nitrogens with one attached hydrogen (secondary N) is 1. The molecule has 4 nitrogen and oxygen atoms in total. The van der Waals surface area contributed by atoms with Crippen molar-refractivity contribution in [3.8, 4) is 0 Å². The first-order chi connectivity index (χ1) is 7.73. The Balaban J connectivity index is 2.32. The molecule has 0 spiro atoms. The molecule has 0 bridgehead atoms. The van der Waals surface area contributed by atoms with Crippen LogP contribution in [-0.4, -0.2) is 56.7 Å². The van der Waals surface area contributed by atoms with Crippen LogP contribution in [0.4, 0.5) is 0 Å². The van der Waals surface area contributed by atoms with Crippen LogP contribution in [0.5, 0.6) is 0 Å². The topological polar surface area (TPSA) is 49.4 Å². The van der Waals surface area contributed by atoms with E-state index in [-0.39, 0.29) is 5.75 Å². The van der Waals surface area contributed by atoms with Gasteiger partial charge < -0.3 is 5.32 Å². The molecule has 1 rings (SSSR count). The molecule has 1 aliphatic rings. The molecule has 0 aromatic heterocycles. The average Bonchev–Trinajstić information content (AvgIpc) is 2.15. The molecular weight excluding hydrogens is 256 g/mol. The third kappa shape index (κ3) is 5.16. The van der Waals surface area contributed by atoms with Gasteiger partial charge in [-0.15, -0.1) is 0 Å². The SMILES string of the molecule is CN(C)S(=O)(=O)CCNC1CSCC(C)(C)C1. The minimum absolute atomic E-state index is 0.182. The molecule has 1 atom stereocenters. The minimum atomic E-state index is -3.06. The zero-order valence-corrected chi connectivity index (χ0v) is 12.8. The molecule has 1 saturated heterocycles. The highest BCUT2D eigenvalue weighted by Gasteiger charge is 2.28. The summed E-state index contributed by atoms with van der Waals surface area (Å²) in [7, 11) is 0.0928. The smallest absolute Gasteiger partial charge is 0.214 e. The Bertz CT molecular complexity index is 339. The molecule has 0 amide bonds. The van der Waals surface area contributed by atoms with Gasteiger partial charge >= 0.3 is 0 Å². The number of hydrogen-bond acceptors (Lipinski definition) is 4. The van der Waals surface area contributed by atoms with Gasteiger partial charge in [0.15, 0.2) is 0 Å². The standard InChI is InChI=1S/C11H24N2O2S2/c1-11(2)7-10(8-16-9-11)12-5-6-17(14,15)13(3)4/h10,12H,5-9H2,1-4H3. The molecule has 6 heteroatoms. The highest BCUT2D eigenvalue weighted by molar-refractivity contribution is 7.99. The Labute approximate surface area is 110 Å². The van der Waals surface area contributed by atoms with Gasteiger partial charge in [0.25, 0.3) is 0 Å². The van der Waals surface area contributed by atoms with Gasteiger partial charge in [-0.25, -0.2) is 12.7 Å². The number of sulfonamides is 1. The number of hydrogen-bond donors (Lipinski definition) is 1. The largest absolute Gasteiger partial charge is 0.312 e. The maximum absolute atomic E-state index is 11.6. The van der Waals surface area contributed by atoms with Crippen LogP contribution >= 0.6 is 11.8 Å². The average molecular weight is 280 g/mol. The van der Waals surface area contributed by atoms with Crippen LogP contribution in [0.2, 0.25) is 0 Å². The molecule has 1 aliphatic heterocycles. The third-order valence-corrected chi connectivity index (χ3v) is 6.42. The first kappa shape index (κ1) is 15.3. The van der Waals surface area contributed by atoms with Crippen molar-refractivity contribution in [2.75, 3.05) is 37.9 Å². The van der Waals surface area contributed by atoms with E-state index in [0.29, 0.717) is 18.0 Å². The van der Waals surface area contributed by atoms with Crippen LogP contribution < -0.4 is 5.32 Å². The predicted octanol–water partition coefficient (Wildman–Crippen LogP) is 0.999. The third-order valence-electron chi connectivity index (χ3n) is 2.96. The van der Waals surface area contributed by atoms with E-state index in [1.54, 1.807) is 14.1 Å². The van der Waals surface area contributed by atoms with E-state index in [1.165, 1.54) is 10.1 Å². The van der Waals surface area contributed by atoms with E-state index in [0.717, 1.165) is 12.2 Å². The summed E-state index contributed by atoms with van der Waals surface area (Å²) >= 11 is 1.95. The van der Waals surface area contributed by atoms with Crippen molar-refractivity contribution in [3.05, 3.63) is 0 Å². The van der Waals surface area contributed by atoms with Gasteiger partial charge in [-0.1, -0.05) is 13.8 Å². The molecule has 102 valence electrons. The second kappa shape index (κ2) is 5.91. The molecule has 1 fully saturated rings. The van der Waals surface area contributed by atoms with Crippen molar-refractivity contribution in [2.24, 2.45) is 5.41 Å². The van der Waals surface area contributed by atoms with Gasteiger partial charge in [0, 0.05) is 32.4 Å². The Kier molecular flexibility index (Phi) is 5.31. The number of thioether (sulfide) groups is 1. The lowest BCUT2D eigenvalue weighted by Gasteiger charge is -2.35. The van der Waals surface area contributed by atoms with E-state index in [2.05, 4.69) is 19.2 Å². The maximum atomic E-state index is 11.6. The zero-order chi connectivity index (χ0) is 13.1. The summed E-state index contributed by atoms with van der Waals surface area (Å²) in [5.74, 6) is 2.47. The summed E-state index contributed by atoms with van der Waals surface area (Å²) in [4.78, 5) is 0. The van der Waals surface area contributed by atoms with E-state index >= 15 is 0 Å². The lowest BCUT2D eigenvalue weighted by atomic mass is 9.88. The second-order valence-electron chi connectivity index (χ2n) is 5.63. The monoisotopic (exact) mass is 280 g/mol. The first-order valence-electron chi connectivity index (χ1n) is 5.94. The van der Waals surface area contributed by atoms with E-state index in [1.807, 2.05) is 11.8 Å². The van der Waals surface area contributed by atoms with Crippen molar-refractivity contribution in [2.45, 2.75) is 26.3 Å². The second-order valence-corrected chi connectivity index (χ2v) is 8.97. The minimum Gasteiger partial charge on any atom is -0.312 e. The summed E-state index contributed by atoms with van der Waals surface area (Å²) < 4.78 is 24.4. The van der Waals surface area contributed by atoms with E-state index < -0.39 is 10.0 Å². The fourth-order valence-electron chi connectivity index (χ4n) is 1.97. The lowest BCUT2D eigenvalue weighted by Crippen LogP contribution is -2.42. The van der Waals surface area contributed by atoms with Crippen LogP contribution in [0.3, 0.4) is 0 Å². The quantitative estimate of drug-likeness (QED) is 0.816. The summed E-state index contributed by atoms with van der Waals surface area (Å²) in [6.45, 7) is 5.08. The van der Waals surface area contributed by atoms with E-state index in [4.69, 9.17) is 0 Å². The molecule has 17 heavy (non-hydrogen) atoms. The van der Waals surface area contributed by atoms with Crippen molar-refractivity contribution in [1.82, 2.24) is 9.62 Å². The molecule has 0 aromatic rings. The van der Waals surface area contributed by atoms with Gasteiger partial charge in [-0.05, 0) is 17.6 Å². The normalized spacial score (nSPS) is 25.1. The molecule has 0 radical (unpaired) electrons. The number of rotatable bonds is 5. The summed E-state index contributed by atoms with van der Waals surface area (Å²) in [5, 5.41) is 3.36. The predicted molar refractivity (Wildman–Crippen MR) is 75.0 cm³/mol. The van der Waals surface area contributed by atoms with Gasteiger partial charge in [-0.3, -0.25) is 0 Å². The molecule has 1 heterocycles. The fraction of sp³-hybridized carbons (Fsp3) is 1.00. The zero-order valence-electron chi connectivity index (χ0n) is 11.2. The number of nitrogens with zero attached hydrogens (tertiary/aromatic N) is 1. The van der Waals surface area contributed by atoms with Crippen LogP contribution in [0, 0.1) is 5.41 Å². The molecule has 0 saturated carbocycles. The Morgan fingerprint density at radius 3 is 2.59 bits per heavy atom. The van der Waals surface area contributed by atoms with Crippen LogP contribution in [0.25, 0.3) is 0 Å². The highest BCUT2D eigenvalue weighted by Crippen LogP contribution is 2.33. The summed E-state index contributed by atoms with van der Waals surface area (Å²) in [5.41, 5.74) is 0.362. The van der Waals surface area contributed by atoms with Gasteiger partial charge in [0.2, 0.25) is 10.0 Å². The Morgan fingerprint density at radius 2 is 2.06 bits per heavy atom. The Hall–Kier alpha value is 0.220. The first-order valence-corrected chi connectivity index (χ1v) is 8.71. The summed E-state index contributed by atoms with van der Waals surface area (Å²) in [6.07, 6.45) is 1.13. The van der Waals surface area contributed by atoms with E-state index in [9.17, 15) is 8.42 Å². The molecule has 1 unspecified atom stereocenters. The van der Waals surface area contributed by atoms with Crippen molar-refractivity contribution >= 4 is 21.8 Å². The highest BCUT2D eigenvalue weighted by atomic mass is 32.2.